The van der Waals surface area contributed by atoms with Crippen molar-refractivity contribution in [3.63, 3.8) is 0 Å². The topological polar surface area (TPSA) is 29.1 Å². The third-order valence-corrected chi connectivity index (χ3v) is 6.72. The quantitative estimate of drug-likeness (QED) is 0.804. The maximum absolute atomic E-state index is 12.4. The van der Waals surface area contributed by atoms with Gasteiger partial charge in [0.1, 0.15) is 0 Å². The maximum atomic E-state index is 12.4. The van der Waals surface area contributed by atoms with Crippen molar-refractivity contribution in [3.05, 3.63) is 0 Å². The molecule has 1 atom stereocenters. The van der Waals surface area contributed by atoms with Crippen LogP contribution >= 0.6 is 0 Å². The van der Waals surface area contributed by atoms with Gasteiger partial charge in [-0.25, -0.2) is 0 Å². The average molecular weight is 277 g/mol. The van der Waals surface area contributed by atoms with Gasteiger partial charge in [-0.15, -0.1) is 0 Å². The van der Waals surface area contributed by atoms with E-state index in [2.05, 4.69) is 26.1 Å². The molecule has 4 aliphatic carbocycles. The van der Waals surface area contributed by atoms with Gasteiger partial charge >= 0.3 is 0 Å². The molecular formula is C18H31NO. The summed E-state index contributed by atoms with van der Waals surface area (Å²) in [5, 5.41) is 3.40. The molecule has 4 rings (SSSR count). The van der Waals surface area contributed by atoms with Gasteiger partial charge in [-0.2, -0.15) is 0 Å². The number of carbonyl (C=O) groups is 1. The van der Waals surface area contributed by atoms with Crippen LogP contribution in [0.15, 0.2) is 0 Å². The fourth-order valence-corrected chi connectivity index (χ4v) is 5.85. The largest absolute Gasteiger partial charge is 0.353 e. The molecule has 0 aromatic rings. The lowest BCUT2D eigenvalue weighted by Gasteiger charge is -2.59. The summed E-state index contributed by atoms with van der Waals surface area (Å²) in [6.07, 6.45) is 10.5. The molecule has 4 fully saturated rings. The summed E-state index contributed by atoms with van der Waals surface area (Å²) in [6.45, 7) is 6.54. The van der Waals surface area contributed by atoms with Crippen LogP contribution in [-0.4, -0.2) is 11.9 Å². The molecule has 0 aliphatic heterocycles. The molecule has 1 N–H and O–H groups in total. The molecule has 2 heteroatoms. The van der Waals surface area contributed by atoms with Crippen LogP contribution in [0.1, 0.15) is 72.1 Å². The summed E-state index contributed by atoms with van der Waals surface area (Å²) in [5.41, 5.74) is 0.441. The van der Waals surface area contributed by atoms with Crippen molar-refractivity contribution < 1.29 is 4.79 Å². The van der Waals surface area contributed by atoms with Crippen molar-refractivity contribution in [1.82, 2.24) is 5.32 Å². The molecule has 4 aliphatic rings. The molecule has 4 saturated carbocycles. The van der Waals surface area contributed by atoms with Crippen molar-refractivity contribution in [3.8, 4) is 0 Å². The van der Waals surface area contributed by atoms with Crippen LogP contribution in [0.4, 0.5) is 0 Å². The van der Waals surface area contributed by atoms with Gasteiger partial charge < -0.3 is 5.32 Å². The third kappa shape index (κ3) is 2.40. The van der Waals surface area contributed by atoms with Crippen LogP contribution < -0.4 is 5.32 Å². The summed E-state index contributed by atoms with van der Waals surface area (Å²) >= 11 is 0. The van der Waals surface area contributed by atoms with E-state index in [9.17, 15) is 4.79 Å². The van der Waals surface area contributed by atoms with E-state index in [-0.39, 0.29) is 5.92 Å². The van der Waals surface area contributed by atoms with Gasteiger partial charge in [-0.3, -0.25) is 4.79 Å². The number of nitrogens with one attached hydrogen (secondary N) is 1. The predicted octanol–water partition coefficient (Wildman–Crippen LogP) is 4.14. The van der Waals surface area contributed by atoms with Crippen LogP contribution in [0.2, 0.25) is 0 Å². The normalized spacial score (nSPS) is 40.1. The highest BCUT2D eigenvalue weighted by atomic mass is 16.1. The zero-order chi connectivity index (χ0) is 14.3. The van der Waals surface area contributed by atoms with E-state index >= 15 is 0 Å². The Labute approximate surface area is 124 Å². The molecule has 4 bridgehead atoms. The van der Waals surface area contributed by atoms with E-state index in [1.54, 1.807) is 0 Å². The van der Waals surface area contributed by atoms with Crippen molar-refractivity contribution in [1.29, 1.82) is 0 Å². The first kappa shape index (κ1) is 14.4. The SMILES string of the molecule is CCC(CC)C(=O)NC(C)C12CC3CC(CC(C3)C1)C2. The fourth-order valence-electron chi connectivity index (χ4n) is 5.85. The van der Waals surface area contributed by atoms with Crippen molar-refractivity contribution >= 4 is 5.91 Å². The Morgan fingerprint density at radius 2 is 1.50 bits per heavy atom. The van der Waals surface area contributed by atoms with Gasteiger partial charge in [-0.1, -0.05) is 13.8 Å². The monoisotopic (exact) mass is 277 g/mol. The molecule has 1 amide bonds. The number of carbonyl (C=O) groups excluding carboxylic acids is 1. The third-order valence-electron chi connectivity index (χ3n) is 6.72. The second kappa shape index (κ2) is 5.35. The van der Waals surface area contributed by atoms with Crippen LogP contribution in [0.3, 0.4) is 0 Å². The molecule has 1 unspecified atom stereocenters. The predicted molar refractivity (Wildman–Crippen MR) is 82.3 cm³/mol. The Morgan fingerprint density at radius 1 is 1.05 bits per heavy atom. The molecule has 0 saturated heterocycles. The molecule has 0 radical (unpaired) electrons. The van der Waals surface area contributed by atoms with E-state index < -0.39 is 0 Å². The van der Waals surface area contributed by atoms with Gasteiger partial charge in [0, 0.05) is 12.0 Å². The Bertz CT molecular complexity index is 336. The van der Waals surface area contributed by atoms with Crippen molar-refractivity contribution in [2.24, 2.45) is 29.1 Å². The number of amides is 1. The van der Waals surface area contributed by atoms with Crippen LogP contribution in [0.5, 0.6) is 0 Å². The standard InChI is InChI=1S/C18H31NO/c1-4-16(5-2)17(20)19-12(3)18-9-13-6-14(10-18)8-15(7-13)11-18/h12-16H,4-11H2,1-3H3,(H,19,20). The smallest absolute Gasteiger partial charge is 0.223 e. The van der Waals surface area contributed by atoms with E-state index in [4.69, 9.17) is 0 Å². The maximum Gasteiger partial charge on any atom is 0.223 e. The zero-order valence-electron chi connectivity index (χ0n) is 13.5. The summed E-state index contributed by atoms with van der Waals surface area (Å²) in [7, 11) is 0. The molecular weight excluding hydrogens is 246 g/mol. The highest BCUT2D eigenvalue weighted by Gasteiger charge is 2.53. The first-order chi connectivity index (χ1) is 9.56. The minimum absolute atomic E-state index is 0.214. The van der Waals surface area contributed by atoms with Crippen LogP contribution in [0, 0.1) is 29.1 Å². The molecule has 0 spiro atoms. The Hall–Kier alpha value is -0.530. The average Bonchev–Trinajstić information content (AvgIpc) is 2.38. The first-order valence-corrected chi connectivity index (χ1v) is 8.86. The van der Waals surface area contributed by atoms with Crippen LogP contribution in [-0.2, 0) is 4.79 Å². The van der Waals surface area contributed by atoms with Gasteiger partial charge in [0.05, 0.1) is 0 Å². The van der Waals surface area contributed by atoms with Gasteiger partial charge in [0.2, 0.25) is 5.91 Å². The van der Waals surface area contributed by atoms with E-state index in [1.165, 1.54) is 38.5 Å². The van der Waals surface area contributed by atoms with Crippen LogP contribution in [0.25, 0.3) is 0 Å². The van der Waals surface area contributed by atoms with Gasteiger partial charge in [-0.05, 0) is 81.5 Å². The molecule has 0 aromatic carbocycles. The lowest BCUT2D eigenvalue weighted by Crippen LogP contribution is -2.56. The highest BCUT2D eigenvalue weighted by molar-refractivity contribution is 5.78. The summed E-state index contributed by atoms with van der Waals surface area (Å²) in [4.78, 5) is 12.4. The second-order valence-electron chi connectivity index (χ2n) is 8.02. The molecule has 0 heterocycles. The summed E-state index contributed by atoms with van der Waals surface area (Å²) < 4.78 is 0. The summed E-state index contributed by atoms with van der Waals surface area (Å²) in [5.74, 6) is 3.42. The lowest BCUT2D eigenvalue weighted by molar-refractivity contribution is -0.129. The first-order valence-electron chi connectivity index (χ1n) is 8.86. The van der Waals surface area contributed by atoms with E-state index in [1.807, 2.05) is 0 Å². The van der Waals surface area contributed by atoms with Crippen molar-refractivity contribution in [2.75, 3.05) is 0 Å². The number of hydrogen-bond donors (Lipinski definition) is 1. The number of hydrogen-bond acceptors (Lipinski definition) is 1. The molecule has 2 nitrogen and oxygen atoms in total. The highest BCUT2D eigenvalue weighted by Crippen LogP contribution is 2.61. The Kier molecular flexibility index (Phi) is 3.85. The molecule has 20 heavy (non-hydrogen) atoms. The second-order valence-corrected chi connectivity index (χ2v) is 8.02. The van der Waals surface area contributed by atoms with Gasteiger partial charge in [0.25, 0.3) is 0 Å². The summed E-state index contributed by atoms with van der Waals surface area (Å²) in [6, 6.07) is 0.379. The van der Waals surface area contributed by atoms with Gasteiger partial charge in [0.15, 0.2) is 0 Å². The minimum Gasteiger partial charge on any atom is -0.353 e. The van der Waals surface area contributed by atoms with E-state index in [0.29, 0.717) is 17.4 Å². The van der Waals surface area contributed by atoms with E-state index in [0.717, 1.165) is 30.6 Å². The Balaban J connectivity index is 1.67. The minimum atomic E-state index is 0.214. The number of rotatable bonds is 5. The molecule has 0 aromatic heterocycles. The zero-order valence-corrected chi connectivity index (χ0v) is 13.5. The molecule has 114 valence electrons. The fraction of sp³-hybridized carbons (Fsp3) is 0.944. The van der Waals surface area contributed by atoms with Crippen molar-refractivity contribution in [2.45, 2.75) is 78.2 Å². The Morgan fingerprint density at radius 3 is 1.90 bits per heavy atom. The lowest BCUT2D eigenvalue weighted by atomic mass is 9.48.